The minimum atomic E-state index is -0.303. The van der Waals surface area contributed by atoms with Crippen molar-refractivity contribution in [3.05, 3.63) is 24.5 Å². The summed E-state index contributed by atoms with van der Waals surface area (Å²) in [4.78, 5) is 10.1. The number of rotatable bonds is 1. The van der Waals surface area contributed by atoms with Crippen LogP contribution in [0.2, 0.25) is 0 Å². The fraction of sp³-hybridized carbons (Fsp3) is 0.286. The molecule has 48 valence electrons. The van der Waals surface area contributed by atoms with Gasteiger partial charge in [-0.1, -0.05) is 6.58 Å². The van der Waals surface area contributed by atoms with Crippen LogP contribution in [-0.4, -0.2) is 12.4 Å². The number of hydrogen-bond acceptors (Lipinski definition) is 2. The van der Waals surface area contributed by atoms with E-state index in [1.165, 1.54) is 6.26 Å². The molecule has 1 heterocycles. The highest BCUT2D eigenvalue weighted by atomic mass is 16.5. The number of carbonyl (C=O) groups excluding carboxylic acids is 1. The quantitative estimate of drug-likeness (QED) is 0.488. The van der Waals surface area contributed by atoms with Crippen LogP contribution in [0.1, 0.15) is 6.42 Å². The predicted octanol–water partition coefficient (Wildman–Crippen LogP) is 1.04. The van der Waals surface area contributed by atoms with E-state index in [0.29, 0.717) is 6.42 Å². The van der Waals surface area contributed by atoms with Crippen molar-refractivity contribution in [2.24, 2.45) is 0 Å². The highest BCUT2D eigenvalue weighted by molar-refractivity contribution is 5.57. The van der Waals surface area contributed by atoms with Gasteiger partial charge in [0.1, 0.15) is 0 Å². The van der Waals surface area contributed by atoms with Gasteiger partial charge >= 0.3 is 0 Å². The zero-order valence-electron chi connectivity index (χ0n) is 5.04. The van der Waals surface area contributed by atoms with E-state index >= 15 is 0 Å². The van der Waals surface area contributed by atoms with Gasteiger partial charge < -0.3 is 4.74 Å². The fourth-order valence-corrected chi connectivity index (χ4v) is 0.691. The van der Waals surface area contributed by atoms with E-state index in [2.05, 4.69) is 6.58 Å². The first kappa shape index (κ1) is 6.08. The first-order chi connectivity index (χ1) is 4.33. The van der Waals surface area contributed by atoms with Gasteiger partial charge in [0.2, 0.25) is 0 Å². The topological polar surface area (TPSA) is 26.3 Å². The Bertz CT molecular complexity index is 158. The van der Waals surface area contributed by atoms with Crippen LogP contribution in [0.25, 0.3) is 0 Å². The van der Waals surface area contributed by atoms with Gasteiger partial charge in [-0.2, -0.15) is 0 Å². The van der Waals surface area contributed by atoms with Crippen LogP contribution in [0.4, 0.5) is 0 Å². The second-order valence-corrected chi connectivity index (χ2v) is 1.98. The zero-order chi connectivity index (χ0) is 6.69. The summed E-state index contributed by atoms with van der Waals surface area (Å²) < 4.78 is 4.89. The third-order valence-electron chi connectivity index (χ3n) is 1.17. The van der Waals surface area contributed by atoms with Gasteiger partial charge in [-0.3, -0.25) is 4.79 Å². The maximum absolute atomic E-state index is 10.1. The van der Waals surface area contributed by atoms with Gasteiger partial charge in [-0.25, -0.2) is 0 Å². The molecule has 0 aromatic heterocycles. The van der Waals surface area contributed by atoms with Gasteiger partial charge in [0.25, 0.3) is 0 Å². The average molecular weight is 124 g/mol. The Hall–Kier alpha value is -1.05. The largest absolute Gasteiger partial charge is 0.490 e. The van der Waals surface area contributed by atoms with Crippen molar-refractivity contribution in [3.8, 4) is 0 Å². The van der Waals surface area contributed by atoms with Crippen molar-refractivity contribution in [3.63, 3.8) is 0 Å². The predicted molar refractivity (Wildman–Crippen MR) is 33.8 cm³/mol. The second-order valence-electron chi connectivity index (χ2n) is 1.98. The number of ether oxygens (including phenoxy) is 1. The van der Waals surface area contributed by atoms with E-state index in [0.717, 1.165) is 11.9 Å². The normalized spacial score (nSPS) is 25.3. The Morgan fingerprint density at radius 3 is 3.11 bits per heavy atom. The summed E-state index contributed by atoms with van der Waals surface area (Å²) in [7, 11) is 0. The highest BCUT2D eigenvalue weighted by Crippen LogP contribution is 2.12. The van der Waals surface area contributed by atoms with Gasteiger partial charge in [0, 0.05) is 6.42 Å². The molecule has 1 aliphatic rings. The molecule has 2 heteroatoms. The summed E-state index contributed by atoms with van der Waals surface area (Å²) in [6, 6.07) is 0. The van der Waals surface area contributed by atoms with Crippen LogP contribution in [0.5, 0.6) is 0 Å². The van der Waals surface area contributed by atoms with Crippen molar-refractivity contribution in [1.82, 2.24) is 0 Å². The third kappa shape index (κ3) is 1.42. The SMILES string of the molecule is C=C1C=COC(C=O)C1. The first-order valence-electron chi connectivity index (χ1n) is 2.78. The van der Waals surface area contributed by atoms with Crippen molar-refractivity contribution < 1.29 is 9.53 Å². The smallest absolute Gasteiger partial charge is 0.160 e. The Kier molecular flexibility index (Phi) is 1.68. The monoisotopic (exact) mass is 124 g/mol. The number of aldehydes is 1. The maximum Gasteiger partial charge on any atom is 0.160 e. The summed E-state index contributed by atoms with van der Waals surface area (Å²) in [5, 5.41) is 0. The third-order valence-corrected chi connectivity index (χ3v) is 1.17. The van der Waals surface area contributed by atoms with Crippen LogP contribution in [0.3, 0.4) is 0 Å². The summed E-state index contributed by atoms with van der Waals surface area (Å²) in [6.45, 7) is 3.69. The van der Waals surface area contributed by atoms with Crippen LogP contribution in [0, 0.1) is 0 Å². The zero-order valence-corrected chi connectivity index (χ0v) is 5.04. The molecule has 0 aliphatic carbocycles. The number of hydrogen-bond donors (Lipinski definition) is 0. The van der Waals surface area contributed by atoms with E-state index in [4.69, 9.17) is 4.74 Å². The Labute approximate surface area is 53.8 Å². The Morgan fingerprint density at radius 1 is 1.89 bits per heavy atom. The van der Waals surface area contributed by atoms with Crippen molar-refractivity contribution in [2.45, 2.75) is 12.5 Å². The van der Waals surface area contributed by atoms with Crippen molar-refractivity contribution in [2.75, 3.05) is 0 Å². The minimum absolute atomic E-state index is 0.303. The molecule has 0 amide bonds. The molecule has 0 N–H and O–H groups in total. The fourth-order valence-electron chi connectivity index (χ4n) is 0.691. The van der Waals surface area contributed by atoms with Gasteiger partial charge in [-0.05, 0) is 11.6 Å². The Balaban J connectivity index is 2.56. The molecular weight excluding hydrogens is 116 g/mol. The minimum Gasteiger partial charge on any atom is -0.490 e. The lowest BCUT2D eigenvalue weighted by Gasteiger charge is -2.13. The summed E-state index contributed by atoms with van der Waals surface area (Å²) in [6.07, 6.45) is 4.38. The number of carbonyl (C=O) groups is 1. The molecule has 0 aromatic carbocycles. The molecule has 2 nitrogen and oxygen atoms in total. The van der Waals surface area contributed by atoms with Crippen LogP contribution in [0.15, 0.2) is 24.5 Å². The molecule has 0 bridgehead atoms. The lowest BCUT2D eigenvalue weighted by molar-refractivity contribution is -0.115. The Morgan fingerprint density at radius 2 is 2.67 bits per heavy atom. The first-order valence-corrected chi connectivity index (χ1v) is 2.78. The van der Waals surface area contributed by atoms with E-state index in [-0.39, 0.29) is 6.10 Å². The summed E-state index contributed by atoms with van der Waals surface area (Å²) in [5.74, 6) is 0. The molecule has 1 aliphatic heterocycles. The molecule has 1 atom stereocenters. The summed E-state index contributed by atoms with van der Waals surface area (Å²) in [5.41, 5.74) is 0.943. The molecule has 0 saturated carbocycles. The molecule has 0 aromatic rings. The highest BCUT2D eigenvalue weighted by Gasteiger charge is 2.10. The molecule has 0 saturated heterocycles. The molecule has 1 rings (SSSR count). The van der Waals surface area contributed by atoms with Gasteiger partial charge in [0.15, 0.2) is 12.4 Å². The molecule has 9 heavy (non-hydrogen) atoms. The van der Waals surface area contributed by atoms with E-state index in [9.17, 15) is 4.79 Å². The molecule has 0 spiro atoms. The molecule has 0 fully saturated rings. The van der Waals surface area contributed by atoms with Gasteiger partial charge in [0.05, 0.1) is 6.26 Å². The maximum atomic E-state index is 10.1. The van der Waals surface area contributed by atoms with Crippen molar-refractivity contribution >= 4 is 6.29 Å². The van der Waals surface area contributed by atoms with Crippen LogP contribution >= 0.6 is 0 Å². The average Bonchev–Trinajstić information content (AvgIpc) is 1.88. The van der Waals surface area contributed by atoms with E-state index in [1.807, 2.05) is 0 Å². The molecule has 1 unspecified atom stereocenters. The van der Waals surface area contributed by atoms with E-state index in [1.54, 1.807) is 6.08 Å². The number of allylic oxidation sites excluding steroid dienone is 1. The van der Waals surface area contributed by atoms with E-state index < -0.39 is 0 Å². The molecular formula is C7H8O2. The van der Waals surface area contributed by atoms with Crippen molar-refractivity contribution in [1.29, 1.82) is 0 Å². The standard InChI is InChI=1S/C7H8O2/c1-6-2-3-9-7(4-6)5-8/h2-3,5,7H,1,4H2. The van der Waals surface area contributed by atoms with Crippen LogP contribution in [-0.2, 0) is 9.53 Å². The lowest BCUT2D eigenvalue weighted by atomic mass is 10.1. The lowest BCUT2D eigenvalue weighted by Crippen LogP contribution is -2.14. The second kappa shape index (κ2) is 2.49. The van der Waals surface area contributed by atoms with Gasteiger partial charge in [-0.15, -0.1) is 0 Å². The van der Waals surface area contributed by atoms with Crippen LogP contribution < -0.4 is 0 Å². The molecule has 0 radical (unpaired) electrons. The summed E-state index contributed by atoms with van der Waals surface area (Å²) >= 11 is 0.